The van der Waals surface area contributed by atoms with Crippen molar-refractivity contribution >= 4 is 0 Å². The Bertz CT molecular complexity index is 439. The Balaban J connectivity index is 2.15. The van der Waals surface area contributed by atoms with Crippen molar-refractivity contribution in [2.45, 2.75) is 73.3 Å². The summed E-state index contributed by atoms with van der Waals surface area (Å²) >= 11 is 0. The quantitative estimate of drug-likeness (QED) is 0.585. The maximum atomic E-state index is 6.42. The van der Waals surface area contributed by atoms with Gasteiger partial charge >= 0.3 is 0 Å². The van der Waals surface area contributed by atoms with Crippen LogP contribution in [0, 0.1) is 28.6 Å². The molecule has 0 spiro atoms. The predicted molar refractivity (Wildman–Crippen MR) is 79.7 cm³/mol. The maximum Gasteiger partial charge on any atom is 0.104 e. The fraction of sp³-hybridized carbons (Fsp3) is 0.889. The van der Waals surface area contributed by atoms with Crippen molar-refractivity contribution in [3.8, 4) is 0 Å². The third-order valence-electron chi connectivity index (χ3n) is 6.70. The van der Waals surface area contributed by atoms with Gasteiger partial charge in [0.2, 0.25) is 0 Å². The summed E-state index contributed by atoms with van der Waals surface area (Å²) in [6.45, 7) is 16.8. The van der Waals surface area contributed by atoms with Gasteiger partial charge in [-0.25, -0.2) is 0 Å². The van der Waals surface area contributed by atoms with Crippen LogP contribution in [0.25, 0.3) is 0 Å². The SMILES string of the molecule is C[C@H]1C(C)(C)C2=C3OC(C)(C)C[C@@H]3CC[C@H]2C1(C)C. The number of rotatable bonds is 0. The smallest absolute Gasteiger partial charge is 0.104 e. The van der Waals surface area contributed by atoms with Crippen LogP contribution < -0.4 is 0 Å². The molecule has 0 N–H and O–H groups in total. The molecular formula is C18H30O. The molecule has 1 saturated carbocycles. The molecule has 3 atom stereocenters. The van der Waals surface area contributed by atoms with E-state index in [1.807, 2.05) is 0 Å². The van der Waals surface area contributed by atoms with E-state index in [0.29, 0.717) is 16.7 Å². The molecule has 1 heteroatoms. The summed E-state index contributed by atoms with van der Waals surface area (Å²) in [7, 11) is 0. The van der Waals surface area contributed by atoms with E-state index in [0.717, 1.165) is 11.8 Å². The van der Waals surface area contributed by atoms with Gasteiger partial charge in [-0.3, -0.25) is 0 Å². The highest BCUT2D eigenvalue weighted by molar-refractivity contribution is 5.34. The fourth-order valence-electron chi connectivity index (χ4n) is 5.28. The standard InChI is InChI=1S/C18H30O/c1-11-17(4,5)13-9-8-12-10-16(2,3)19-15(12)14(13)18(11,6)7/h11-13H,8-10H2,1-7H3/t11-,12+,13-/m1/s1. The van der Waals surface area contributed by atoms with Crippen molar-refractivity contribution < 1.29 is 4.74 Å². The monoisotopic (exact) mass is 262 g/mol. The van der Waals surface area contributed by atoms with E-state index in [4.69, 9.17) is 4.74 Å². The number of hydrogen-bond acceptors (Lipinski definition) is 1. The molecule has 0 unspecified atom stereocenters. The first kappa shape index (κ1) is 13.5. The molecule has 0 aromatic rings. The van der Waals surface area contributed by atoms with E-state index in [2.05, 4.69) is 48.5 Å². The lowest BCUT2D eigenvalue weighted by molar-refractivity contribution is 0.0706. The average Bonchev–Trinajstić information content (AvgIpc) is 2.65. The third-order valence-corrected chi connectivity index (χ3v) is 6.70. The van der Waals surface area contributed by atoms with E-state index in [-0.39, 0.29) is 5.60 Å². The molecule has 0 aromatic carbocycles. The zero-order chi connectivity index (χ0) is 14.2. The van der Waals surface area contributed by atoms with Crippen molar-refractivity contribution in [3.05, 3.63) is 11.3 Å². The van der Waals surface area contributed by atoms with E-state index in [1.54, 1.807) is 5.57 Å². The van der Waals surface area contributed by atoms with Gasteiger partial charge in [0, 0.05) is 5.92 Å². The van der Waals surface area contributed by atoms with E-state index in [1.165, 1.54) is 25.0 Å². The van der Waals surface area contributed by atoms with Gasteiger partial charge in [-0.2, -0.15) is 0 Å². The lowest BCUT2D eigenvalue weighted by atomic mass is 9.70. The second kappa shape index (κ2) is 3.59. The van der Waals surface area contributed by atoms with Crippen molar-refractivity contribution in [1.29, 1.82) is 0 Å². The Morgan fingerprint density at radius 1 is 1.00 bits per heavy atom. The van der Waals surface area contributed by atoms with E-state index in [9.17, 15) is 0 Å². The lowest BCUT2D eigenvalue weighted by Crippen LogP contribution is -2.27. The van der Waals surface area contributed by atoms with Gasteiger partial charge in [0.15, 0.2) is 0 Å². The highest BCUT2D eigenvalue weighted by atomic mass is 16.5. The molecule has 0 amide bonds. The summed E-state index contributed by atoms with van der Waals surface area (Å²) in [5.41, 5.74) is 2.43. The summed E-state index contributed by atoms with van der Waals surface area (Å²) < 4.78 is 6.42. The van der Waals surface area contributed by atoms with Gasteiger partial charge in [0.25, 0.3) is 0 Å². The van der Waals surface area contributed by atoms with Gasteiger partial charge in [0.05, 0.1) is 0 Å². The minimum Gasteiger partial charge on any atom is -0.492 e. The van der Waals surface area contributed by atoms with E-state index >= 15 is 0 Å². The Labute approximate surface area is 118 Å². The minimum atomic E-state index is 0.0495. The molecule has 108 valence electrons. The first-order valence-electron chi connectivity index (χ1n) is 8.01. The summed E-state index contributed by atoms with van der Waals surface area (Å²) in [6.07, 6.45) is 3.91. The Kier molecular flexibility index (Phi) is 2.56. The largest absolute Gasteiger partial charge is 0.492 e. The van der Waals surface area contributed by atoms with Crippen LogP contribution in [-0.4, -0.2) is 5.60 Å². The molecule has 2 fully saturated rings. The summed E-state index contributed by atoms with van der Waals surface area (Å²) in [4.78, 5) is 0. The summed E-state index contributed by atoms with van der Waals surface area (Å²) in [5, 5.41) is 0. The van der Waals surface area contributed by atoms with Crippen LogP contribution in [0.1, 0.15) is 67.7 Å². The Morgan fingerprint density at radius 2 is 1.63 bits per heavy atom. The normalized spacial score (nSPS) is 41.7. The van der Waals surface area contributed by atoms with Crippen LogP contribution in [0.15, 0.2) is 11.3 Å². The second-order valence-electron chi connectivity index (χ2n) is 8.94. The number of hydrogen-bond donors (Lipinski definition) is 0. The molecule has 1 aliphatic heterocycles. The topological polar surface area (TPSA) is 9.23 Å². The fourth-order valence-corrected chi connectivity index (χ4v) is 5.28. The van der Waals surface area contributed by atoms with Crippen LogP contribution in [0.4, 0.5) is 0 Å². The van der Waals surface area contributed by atoms with Crippen LogP contribution >= 0.6 is 0 Å². The highest BCUT2D eigenvalue weighted by Crippen LogP contribution is 2.66. The molecule has 0 bridgehead atoms. The molecule has 1 saturated heterocycles. The van der Waals surface area contributed by atoms with Crippen molar-refractivity contribution in [3.63, 3.8) is 0 Å². The van der Waals surface area contributed by atoms with Crippen LogP contribution in [-0.2, 0) is 4.74 Å². The van der Waals surface area contributed by atoms with Crippen LogP contribution in [0.2, 0.25) is 0 Å². The van der Waals surface area contributed by atoms with E-state index < -0.39 is 0 Å². The number of fused-ring (bicyclic) bond motifs is 2. The second-order valence-corrected chi connectivity index (χ2v) is 8.94. The summed E-state index contributed by atoms with van der Waals surface area (Å²) in [5.74, 6) is 3.54. The van der Waals surface area contributed by atoms with Crippen molar-refractivity contribution in [2.24, 2.45) is 28.6 Å². The lowest BCUT2D eigenvalue weighted by Gasteiger charge is -2.34. The van der Waals surface area contributed by atoms with Gasteiger partial charge in [-0.15, -0.1) is 0 Å². The zero-order valence-electron chi connectivity index (χ0n) is 13.8. The van der Waals surface area contributed by atoms with Gasteiger partial charge in [-0.1, -0.05) is 34.6 Å². The Hall–Kier alpha value is -0.460. The highest BCUT2D eigenvalue weighted by Gasteiger charge is 2.58. The van der Waals surface area contributed by atoms with Crippen molar-refractivity contribution in [1.82, 2.24) is 0 Å². The molecule has 2 aliphatic carbocycles. The maximum absolute atomic E-state index is 6.42. The van der Waals surface area contributed by atoms with Crippen LogP contribution in [0.3, 0.4) is 0 Å². The molecule has 3 aliphatic rings. The number of ether oxygens (including phenoxy) is 1. The summed E-state index contributed by atoms with van der Waals surface area (Å²) in [6, 6.07) is 0. The molecule has 19 heavy (non-hydrogen) atoms. The van der Waals surface area contributed by atoms with Gasteiger partial charge in [-0.05, 0) is 61.3 Å². The minimum absolute atomic E-state index is 0.0495. The van der Waals surface area contributed by atoms with Crippen molar-refractivity contribution in [2.75, 3.05) is 0 Å². The molecule has 0 aromatic heterocycles. The Morgan fingerprint density at radius 3 is 2.26 bits per heavy atom. The molecule has 0 radical (unpaired) electrons. The first-order valence-corrected chi connectivity index (χ1v) is 8.01. The van der Waals surface area contributed by atoms with Gasteiger partial charge in [0.1, 0.15) is 11.4 Å². The first-order chi connectivity index (χ1) is 8.57. The van der Waals surface area contributed by atoms with Gasteiger partial charge < -0.3 is 4.74 Å². The number of allylic oxidation sites excluding steroid dienone is 2. The molecule has 1 nitrogen and oxygen atoms in total. The molecule has 1 heterocycles. The van der Waals surface area contributed by atoms with Crippen LogP contribution in [0.5, 0.6) is 0 Å². The predicted octanol–water partition coefficient (Wildman–Crippen LogP) is 5.17. The molecular weight excluding hydrogens is 232 g/mol. The zero-order valence-corrected chi connectivity index (χ0v) is 13.8. The average molecular weight is 262 g/mol. The third kappa shape index (κ3) is 1.66. The molecule has 3 rings (SSSR count).